The van der Waals surface area contributed by atoms with E-state index in [1.54, 1.807) is 12.1 Å². The molecule has 0 saturated carbocycles. The zero-order valence-electron chi connectivity index (χ0n) is 8.98. The third kappa shape index (κ3) is 2.17. The van der Waals surface area contributed by atoms with Crippen molar-refractivity contribution in [3.63, 3.8) is 0 Å². The highest BCUT2D eigenvalue weighted by Gasteiger charge is 2.34. The quantitative estimate of drug-likeness (QED) is 0.910. The summed E-state index contributed by atoms with van der Waals surface area (Å²) in [6.07, 6.45) is 0.711. The fourth-order valence-corrected chi connectivity index (χ4v) is 4.47. The van der Waals surface area contributed by atoms with E-state index in [-0.39, 0.29) is 17.7 Å². The van der Waals surface area contributed by atoms with Crippen molar-refractivity contribution in [2.45, 2.75) is 30.2 Å². The van der Waals surface area contributed by atoms with E-state index in [1.807, 2.05) is 13.0 Å². The van der Waals surface area contributed by atoms with Crippen molar-refractivity contribution >= 4 is 25.8 Å². The summed E-state index contributed by atoms with van der Waals surface area (Å²) >= 11 is 3.37. The Morgan fingerprint density at radius 1 is 1.56 bits per heavy atom. The predicted molar refractivity (Wildman–Crippen MR) is 67.2 cm³/mol. The van der Waals surface area contributed by atoms with Crippen molar-refractivity contribution in [1.82, 2.24) is 0 Å². The molecule has 0 aromatic heterocycles. The lowest BCUT2D eigenvalue weighted by Crippen LogP contribution is -2.19. The molecule has 0 radical (unpaired) electrons. The van der Waals surface area contributed by atoms with Gasteiger partial charge in [-0.1, -0.05) is 15.9 Å². The molecule has 5 heteroatoms. The molecule has 2 unspecified atom stereocenters. The van der Waals surface area contributed by atoms with Crippen molar-refractivity contribution in [1.29, 1.82) is 0 Å². The van der Waals surface area contributed by atoms with E-state index in [0.717, 1.165) is 10.0 Å². The lowest BCUT2D eigenvalue weighted by molar-refractivity contribution is 0.575. The Hall–Kier alpha value is -0.390. The summed E-state index contributed by atoms with van der Waals surface area (Å²) < 4.78 is 24.7. The molecule has 1 aliphatic rings. The molecular formula is C11H14BrNO2S. The van der Waals surface area contributed by atoms with E-state index >= 15 is 0 Å². The highest BCUT2D eigenvalue weighted by atomic mass is 79.9. The van der Waals surface area contributed by atoms with Gasteiger partial charge in [-0.25, -0.2) is 8.42 Å². The predicted octanol–water partition coefficient (Wildman–Crippen LogP) is 2.06. The molecule has 1 aromatic rings. The Morgan fingerprint density at radius 2 is 2.25 bits per heavy atom. The minimum absolute atomic E-state index is 0.0186. The van der Waals surface area contributed by atoms with Gasteiger partial charge in [-0.2, -0.15) is 0 Å². The molecule has 16 heavy (non-hydrogen) atoms. The molecule has 0 saturated heterocycles. The standard InChI is InChI=1S/C11H14BrNO2S/c1-7(13)4-8-6-16(14,15)11-3-2-9(12)5-10(8)11/h2-3,5,7-8H,4,6,13H2,1H3. The van der Waals surface area contributed by atoms with Crippen molar-refractivity contribution in [2.75, 3.05) is 5.75 Å². The number of sulfone groups is 1. The van der Waals surface area contributed by atoms with Gasteiger partial charge in [0.15, 0.2) is 9.84 Å². The van der Waals surface area contributed by atoms with Crippen LogP contribution in [0.4, 0.5) is 0 Å². The third-order valence-electron chi connectivity index (χ3n) is 2.82. The highest BCUT2D eigenvalue weighted by Crippen LogP contribution is 2.38. The minimum Gasteiger partial charge on any atom is -0.328 e. The lowest BCUT2D eigenvalue weighted by atomic mass is 9.95. The summed E-state index contributed by atoms with van der Waals surface area (Å²) in [5.74, 6) is 0.234. The Labute approximate surface area is 104 Å². The van der Waals surface area contributed by atoms with Crippen molar-refractivity contribution < 1.29 is 8.42 Å². The monoisotopic (exact) mass is 303 g/mol. The molecule has 0 amide bonds. The smallest absolute Gasteiger partial charge is 0.179 e. The average Bonchev–Trinajstić information content (AvgIpc) is 2.37. The summed E-state index contributed by atoms with van der Waals surface area (Å²) in [5, 5.41) is 0. The molecule has 3 nitrogen and oxygen atoms in total. The number of rotatable bonds is 2. The Kier molecular flexibility index (Phi) is 3.11. The van der Waals surface area contributed by atoms with Crippen molar-refractivity contribution in [3.8, 4) is 0 Å². The Morgan fingerprint density at radius 3 is 2.88 bits per heavy atom. The Bertz CT molecular complexity index is 511. The summed E-state index contributed by atoms with van der Waals surface area (Å²) in [6.45, 7) is 1.91. The fourth-order valence-electron chi connectivity index (χ4n) is 2.21. The van der Waals surface area contributed by atoms with Crippen LogP contribution in [-0.2, 0) is 9.84 Å². The average molecular weight is 304 g/mol. The van der Waals surface area contributed by atoms with Gasteiger partial charge in [0.1, 0.15) is 0 Å². The van der Waals surface area contributed by atoms with Crippen LogP contribution in [-0.4, -0.2) is 20.2 Å². The van der Waals surface area contributed by atoms with Gasteiger partial charge in [0, 0.05) is 16.4 Å². The maximum absolute atomic E-state index is 11.9. The zero-order chi connectivity index (χ0) is 11.9. The first-order valence-electron chi connectivity index (χ1n) is 5.18. The maximum Gasteiger partial charge on any atom is 0.179 e. The molecule has 0 spiro atoms. The number of fused-ring (bicyclic) bond motifs is 1. The maximum atomic E-state index is 11.9. The molecule has 0 fully saturated rings. The summed E-state index contributed by atoms with van der Waals surface area (Å²) in [7, 11) is -3.09. The highest BCUT2D eigenvalue weighted by molar-refractivity contribution is 9.10. The van der Waals surface area contributed by atoms with Gasteiger partial charge < -0.3 is 5.73 Å². The molecular weight excluding hydrogens is 290 g/mol. The van der Waals surface area contributed by atoms with Crippen LogP contribution in [0, 0.1) is 0 Å². The number of hydrogen-bond acceptors (Lipinski definition) is 3. The van der Waals surface area contributed by atoms with E-state index < -0.39 is 9.84 Å². The molecule has 0 bridgehead atoms. The zero-order valence-corrected chi connectivity index (χ0v) is 11.4. The molecule has 2 rings (SSSR count). The molecule has 88 valence electrons. The summed E-state index contributed by atoms with van der Waals surface area (Å²) in [6, 6.07) is 5.36. The van der Waals surface area contributed by atoms with Crippen molar-refractivity contribution in [2.24, 2.45) is 5.73 Å². The Balaban J connectivity index is 2.48. The lowest BCUT2D eigenvalue weighted by Gasteiger charge is -2.12. The van der Waals surface area contributed by atoms with Crippen LogP contribution in [0.2, 0.25) is 0 Å². The van der Waals surface area contributed by atoms with E-state index in [1.165, 1.54) is 0 Å². The second-order valence-electron chi connectivity index (χ2n) is 4.37. The molecule has 1 heterocycles. The van der Waals surface area contributed by atoms with Crippen LogP contribution >= 0.6 is 15.9 Å². The number of halogens is 1. The molecule has 1 aliphatic heterocycles. The van der Waals surface area contributed by atoms with Gasteiger partial charge in [0.2, 0.25) is 0 Å². The summed E-state index contributed by atoms with van der Waals surface area (Å²) in [5.41, 5.74) is 6.66. The van der Waals surface area contributed by atoms with Gasteiger partial charge in [-0.05, 0) is 37.1 Å². The number of hydrogen-bond donors (Lipinski definition) is 1. The van der Waals surface area contributed by atoms with Crippen LogP contribution in [0.15, 0.2) is 27.6 Å². The first kappa shape index (κ1) is 12.1. The molecule has 1 aromatic carbocycles. The number of nitrogens with two attached hydrogens (primary N) is 1. The van der Waals surface area contributed by atoms with Crippen LogP contribution in [0.1, 0.15) is 24.8 Å². The summed E-state index contributed by atoms with van der Waals surface area (Å²) in [4.78, 5) is 0.473. The van der Waals surface area contributed by atoms with E-state index in [2.05, 4.69) is 15.9 Å². The number of benzene rings is 1. The van der Waals surface area contributed by atoms with Gasteiger partial charge in [-0.3, -0.25) is 0 Å². The topological polar surface area (TPSA) is 60.2 Å². The SMILES string of the molecule is CC(N)CC1CS(=O)(=O)c2ccc(Br)cc21. The second-order valence-corrected chi connectivity index (χ2v) is 7.29. The largest absolute Gasteiger partial charge is 0.328 e. The van der Waals surface area contributed by atoms with E-state index in [9.17, 15) is 8.42 Å². The van der Waals surface area contributed by atoms with Gasteiger partial charge >= 0.3 is 0 Å². The van der Waals surface area contributed by atoms with Crippen LogP contribution < -0.4 is 5.73 Å². The first-order chi connectivity index (χ1) is 7.40. The van der Waals surface area contributed by atoms with Crippen LogP contribution in [0.25, 0.3) is 0 Å². The van der Waals surface area contributed by atoms with E-state index in [4.69, 9.17) is 5.73 Å². The molecule has 2 N–H and O–H groups in total. The van der Waals surface area contributed by atoms with Crippen molar-refractivity contribution in [3.05, 3.63) is 28.2 Å². The fraction of sp³-hybridized carbons (Fsp3) is 0.455. The normalized spacial score (nSPS) is 24.1. The second kappa shape index (κ2) is 4.13. The van der Waals surface area contributed by atoms with Gasteiger partial charge in [-0.15, -0.1) is 0 Å². The minimum atomic E-state index is -3.09. The van der Waals surface area contributed by atoms with Gasteiger partial charge in [0.05, 0.1) is 10.6 Å². The van der Waals surface area contributed by atoms with Crippen LogP contribution in [0.5, 0.6) is 0 Å². The van der Waals surface area contributed by atoms with E-state index in [0.29, 0.717) is 11.3 Å². The molecule has 0 aliphatic carbocycles. The molecule has 2 atom stereocenters. The van der Waals surface area contributed by atoms with Crippen LogP contribution in [0.3, 0.4) is 0 Å². The third-order valence-corrected chi connectivity index (χ3v) is 5.20. The van der Waals surface area contributed by atoms with Gasteiger partial charge in [0.25, 0.3) is 0 Å². The first-order valence-corrected chi connectivity index (χ1v) is 7.62.